The molecule has 1 heterocycles. The lowest BCUT2D eigenvalue weighted by Gasteiger charge is -2.03. The van der Waals surface area contributed by atoms with Gasteiger partial charge in [-0.2, -0.15) is 0 Å². The topological polar surface area (TPSA) is 72.6 Å². The molecule has 5 heteroatoms. The first kappa shape index (κ1) is 13.9. The van der Waals surface area contributed by atoms with Gasteiger partial charge in [0, 0.05) is 11.6 Å². The molecule has 1 aromatic heterocycles. The Morgan fingerprint density at radius 2 is 1.91 bits per heavy atom. The van der Waals surface area contributed by atoms with Crippen LogP contribution in [0.5, 0.6) is 5.75 Å². The van der Waals surface area contributed by atoms with Crippen molar-refractivity contribution in [2.45, 2.75) is 0 Å². The van der Waals surface area contributed by atoms with Crippen LogP contribution in [0.1, 0.15) is 11.3 Å². The van der Waals surface area contributed by atoms with E-state index in [1.165, 1.54) is 6.08 Å². The molecule has 0 amide bonds. The van der Waals surface area contributed by atoms with Gasteiger partial charge in [0.05, 0.1) is 7.11 Å². The third kappa shape index (κ3) is 2.69. The molecule has 2 aromatic carbocycles. The van der Waals surface area contributed by atoms with Gasteiger partial charge >= 0.3 is 5.63 Å². The van der Waals surface area contributed by atoms with Crippen LogP contribution in [0, 0.1) is 0 Å². The number of aliphatic hydroxyl groups is 1. The van der Waals surface area contributed by atoms with Gasteiger partial charge in [0.2, 0.25) is 0 Å². The zero-order valence-corrected chi connectivity index (χ0v) is 11.8. The van der Waals surface area contributed by atoms with Crippen LogP contribution in [-0.2, 0) is 0 Å². The summed E-state index contributed by atoms with van der Waals surface area (Å²) in [6.07, 6.45) is 1.29. The monoisotopic (exact) mass is 295 g/mol. The number of hydrogen-bond donors (Lipinski definition) is 1. The van der Waals surface area contributed by atoms with E-state index in [1.807, 2.05) is 0 Å². The van der Waals surface area contributed by atoms with E-state index in [1.54, 1.807) is 55.6 Å². The summed E-state index contributed by atoms with van der Waals surface area (Å²) in [6.45, 7) is 0. The molecule has 0 aliphatic carbocycles. The zero-order chi connectivity index (χ0) is 15.5. The number of aliphatic hydroxyl groups excluding tert-OH is 1. The molecule has 0 saturated carbocycles. The highest BCUT2D eigenvalue weighted by molar-refractivity contribution is 5.78. The normalized spacial score (nSPS) is 11.6. The molecule has 0 radical (unpaired) electrons. The number of fused-ring (bicyclic) bond motifs is 1. The Morgan fingerprint density at radius 1 is 1.18 bits per heavy atom. The van der Waals surface area contributed by atoms with Crippen LogP contribution in [0.4, 0.5) is 0 Å². The molecular formula is C17H13NO4. The Morgan fingerprint density at radius 3 is 2.64 bits per heavy atom. The predicted molar refractivity (Wildman–Crippen MR) is 83.8 cm³/mol. The summed E-state index contributed by atoms with van der Waals surface area (Å²) in [5, 5.41) is 10.1. The average Bonchev–Trinajstić information content (AvgIpc) is 2.55. The minimum absolute atomic E-state index is 0.0482. The number of benzene rings is 2. The molecule has 3 aromatic rings. The Hall–Kier alpha value is -3.08. The molecule has 0 unspecified atom stereocenters. The van der Waals surface area contributed by atoms with E-state index in [9.17, 15) is 9.90 Å². The van der Waals surface area contributed by atoms with Crippen LogP contribution < -0.4 is 10.4 Å². The van der Waals surface area contributed by atoms with Crippen molar-refractivity contribution in [3.63, 3.8) is 0 Å². The van der Waals surface area contributed by atoms with E-state index >= 15 is 0 Å². The molecule has 110 valence electrons. The highest BCUT2D eigenvalue weighted by Gasteiger charge is 2.07. The molecule has 0 aliphatic rings. The third-order valence-corrected chi connectivity index (χ3v) is 3.18. The molecular weight excluding hydrogens is 282 g/mol. The van der Waals surface area contributed by atoms with Gasteiger partial charge in [0.1, 0.15) is 17.0 Å². The smallest absolute Gasteiger partial charge is 0.362 e. The third-order valence-electron chi connectivity index (χ3n) is 3.18. The predicted octanol–water partition coefficient (Wildman–Crippen LogP) is 3.25. The summed E-state index contributed by atoms with van der Waals surface area (Å²) in [4.78, 5) is 16.1. The lowest BCUT2D eigenvalue weighted by atomic mass is 10.1. The Balaban J connectivity index is 2.02. The number of hydrogen-bond acceptors (Lipinski definition) is 5. The average molecular weight is 295 g/mol. The maximum absolute atomic E-state index is 11.9. The van der Waals surface area contributed by atoms with Crippen molar-refractivity contribution in [1.29, 1.82) is 0 Å². The Kier molecular flexibility index (Phi) is 3.62. The summed E-state index contributed by atoms with van der Waals surface area (Å²) in [5.74, 6) is 0.609. The Bertz CT molecular complexity index is 894. The van der Waals surface area contributed by atoms with Crippen LogP contribution in [0.15, 0.2) is 57.7 Å². The number of rotatable bonds is 3. The molecule has 0 bridgehead atoms. The van der Waals surface area contributed by atoms with E-state index in [4.69, 9.17) is 9.15 Å². The summed E-state index contributed by atoms with van der Waals surface area (Å²) in [7, 11) is 1.56. The van der Waals surface area contributed by atoms with Gasteiger partial charge in [-0.15, -0.1) is 0 Å². The van der Waals surface area contributed by atoms with Crippen LogP contribution in [0.3, 0.4) is 0 Å². The summed E-state index contributed by atoms with van der Waals surface area (Å²) in [6, 6.07) is 13.8. The van der Waals surface area contributed by atoms with Gasteiger partial charge in [-0.05, 0) is 36.4 Å². The SMILES string of the molecule is COc1ccc(C(O)=Cc2nc3ccccc3oc2=O)cc1. The van der Waals surface area contributed by atoms with E-state index in [-0.39, 0.29) is 11.5 Å². The standard InChI is InChI=1S/C17H13NO4/c1-21-12-8-6-11(7-9-12)15(19)10-14-17(20)22-16-5-3-2-4-13(16)18-14/h2-10,19H,1H3. The highest BCUT2D eigenvalue weighted by Crippen LogP contribution is 2.18. The molecule has 5 nitrogen and oxygen atoms in total. The Labute approximate surface area is 126 Å². The first-order valence-corrected chi connectivity index (χ1v) is 6.62. The maximum atomic E-state index is 11.9. The van der Waals surface area contributed by atoms with Crippen molar-refractivity contribution in [3.05, 3.63) is 70.2 Å². The number of nitrogens with zero attached hydrogens (tertiary/aromatic N) is 1. The lowest BCUT2D eigenvalue weighted by Crippen LogP contribution is -2.06. The molecule has 0 atom stereocenters. The first-order valence-electron chi connectivity index (χ1n) is 6.62. The van der Waals surface area contributed by atoms with Crippen LogP contribution in [0.25, 0.3) is 22.9 Å². The maximum Gasteiger partial charge on any atom is 0.362 e. The number of ether oxygens (including phenoxy) is 1. The molecule has 22 heavy (non-hydrogen) atoms. The van der Waals surface area contributed by atoms with Crippen molar-refractivity contribution < 1.29 is 14.3 Å². The second-order valence-electron chi connectivity index (χ2n) is 4.61. The fourth-order valence-corrected chi connectivity index (χ4v) is 2.03. The number of aromatic nitrogens is 1. The van der Waals surface area contributed by atoms with E-state index in [2.05, 4.69) is 4.98 Å². The minimum atomic E-state index is -0.598. The van der Waals surface area contributed by atoms with Crippen LogP contribution >= 0.6 is 0 Å². The van der Waals surface area contributed by atoms with E-state index < -0.39 is 5.63 Å². The largest absolute Gasteiger partial charge is 0.507 e. The minimum Gasteiger partial charge on any atom is -0.507 e. The van der Waals surface area contributed by atoms with Crippen LogP contribution in [-0.4, -0.2) is 17.2 Å². The van der Waals surface area contributed by atoms with Crippen molar-refractivity contribution in [1.82, 2.24) is 4.98 Å². The molecule has 3 rings (SSSR count). The van der Waals surface area contributed by atoms with Gasteiger partial charge in [-0.3, -0.25) is 0 Å². The highest BCUT2D eigenvalue weighted by atomic mass is 16.5. The zero-order valence-electron chi connectivity index (χ0n) is 11.8. The molecule has 0 aliphatic heterocycles. The fraction of sp³-hybridized carbons (Fsp3) is 0.0588. The van der Waals surface area contributed by atoms with Crippen molar-refractivity contribution in [2.24, 2.45) is 0 Å². The molecule has 0 spiro atoms. The van der Waals surface area contributed by atoms with Gasteiger partial charge in [0.25, 0.3) is 0 Å². The lowest BCUT2D eigenvalue weighted by molar-refractivity contribution is 0.414. The molecule has 0 saturated heterocycles. The summed E-state index contributed by atoms with van der Waals surface area (Å²) < 4.78 is 10.2. The van der Waals surface area contributed by atoms with Gasteiger partial charge in [0.15, 0.2) is 11.3 Å². The first-order chi connectivity index (χ1) is 10.7. The van der Waals surface area contributed by atoms with Gasteiger partial charge in [-0.25, -0.2) is 9.78 Å². The number of methoxy groups -OCH3 is 1. The second-order valence-corrected chi connectivity index (χ2v) is 4.61. The quantitative estimate of drug-likeness (QED) is 0.751. The molecule has 0 fully saturated rings. The van der Waals surface area contributed by atoms with Gasteiger partial charge in [-0.1, -0.05) is 12.1 Å². The van der Waals surface area contributed by atoms with Crippen molar-refractivity contribution in [3.8, 4) is 5.75 Å². The molecule has 1 N–H and O–H groups in total. The summed E-state index contributed by atoms with van der Waals surface area (Å²) in [5.41, 5.74) is 0.963. The van der Waals surface area contributed by atoms with Gasteiger partial charge < -0.3 is 14.3 Å². The summed E-state index contributed by atoms with van der Waals surface area (Å²) >= 11 is 0. The second kappa shape index (κ2) is 5.73. The number of para-hydroxylation sites is 2. The fourth-order valence-electron chi connectivity index (χ4n) is 2.03. The van der Waals surface area contributed by atoms with Crippen molar-refractivity contribution >= 4 is 22.9 Å². The van der Waals surface area contributed by atoms with Crippen LogP contribution in [0.2, 0.25) is 0 Å². The van der Waals surface area contributed by atoms with E-state index in [0.717, 1.165) is 0 Å². The van der Waals surface area contributed by atoms with Crippen molar-refractivity contribution in [2.75, 3.05) is 7.11 Å². The van der Waals surface area contributed by atoms with E-state index in [0.29, 0.717) is 22.4 Å².